The molecule has 0 spiro atoms. The van der Waals surface area contributed by atoms with Crippen molar-refractivity contribution in [3.8, 4) is 0 Å². The molecule has 1 rings (SSSR count). The van der Waals surface area contributed by atoms with Crippen LogP contribution in [-0.2, 0) is 11.2 Å². The number of aryl methyl sites for hydroxylation is 1. The van der Waals surface area contributed by atoms with Crippen molar-refractivity contribution in [2.45, 2.75) is 32.3 Å². The molecule has 0 saturated carbocycles. The van der Waals surface area contributed by atoms with E-state index in [0.29, 0.717) is 0 Å². The molecular formula is C15H22N2O4. The molecule has 2 amide bonds. The third kappa shape index (κ3) is 5.43. The van der Waals surface area contributed by atoms with E-state index < -0.39 is 24.0 Å². The van der Waals surface area contributed by atoms with E-state index in [0.717, 1.165) is 12.1 Å². The van der Waals surface area contributed by atoms with E-state index in [1.165, 1.54) is 17.4 Å². The topological polar surface area (TPSA) is 89.9 Å². The Morgan fingerprint density at radius 1 is 1.29 bits per heavy atom. The highest BCUT2D eigenvalue weighted by molar-refractivity contribution is 5.91. The van der Waals surface area contributed by atoms with Gasteiger partial charge in [-0.2, -0.15) is 0 Å². The lowest BCUT2D eigenvalue weighted by Gasteiger charge is -2.24. The summed E-state index contributed by atoms with van der Waals surface area (Å²) in [5, 5.41) is 21.0. The number of carboxylic acid groups (broad SMARTS) is 1. The number of benzene rings is 1. The molecule has 1 atom stereocenters. The Balaban J connectivity index is 2.60. The predicted molar refractivity (Wildman–Crippen MR) is 80.5 cm³/mol. The number of hydrogen-bond acceptors (Lipinski definition) is 3. The van der Waals surface area contributed by atoms with Crippen LogP contribution in [0.1, 0.15) is 25.8 Å². The molecule has 116 valence electrons. The van der Waals surface area contributed by atoms with E-state index in [9.17, 15) is 14.7 Å². The maximum Gasteiger partial charge on any atom is 0.321 e. The summed E-state index contributed by atoms with van der Waals surface area (Å²) in [6.45, 7) is 3.29. The van der Waals surface area contributed by atoms with Crippen molar-refractivity contribution < 1.29 is 19.8 Å². The van der Waals surface area contributed by atoms with Gasteiger partial charge in [0.2, 0.25) is 0 Å². The first-order chi connectivity index (χ1) is 9.75. The number of urea groups is 1. The minimum absolute atomic E-state index is 0.129. The van der Waals surface area contributed by atoms with Gasteiger partial charge in [0.25, 0.3) is 0 Å². The van der Waals surface area contributed by atoms with Gasteiger partial charge in [0.1, 0.15) is 0 Å². The van der Waals surface area contributed by atoms with Crippen LogP contribution in [0.2, 0.25) is 0 Å². The summed E-state index contributed by atoms with van der Waals surface area (Å²) in [4.78, 5) is 24.0. The quantitative estimate of drug-likeness (QED) is 0.743. The van der Waals surface area contributed by atoms with E-state index in [4.69, 9.17) is 5.11 Å². The molecule has 1 unspecified atom stereocenters. The SMILES string of the molecule is CCc1ccc(N(C)C(=O)NCC(C)(O)CC(=O)O)cc1. The smallest absolute Gasteiger partial charge is 0.321 e. The summed E-state index contributed by atoms with van der Waals surface area (Å²) in [5.74, 6) is -1.11. The number of hydrogen-bond donors (Lipinski definition) is 3. The van der Waals surface area contributed by atoms with Crippen LogP contribution in [0.15, 0.2) is 24.3 Å². The monoisotopic (exact) mass is 294 g/mol. The summed E-state index contributed by atoms with van der Waals surface area (Å²) in [7, 11) is 1.61. The first-order valence-corrected chi connectivity index (χ1v) is 6.80. The highest BCUT2D eigenvalue weighted by Gasteiger charge is 2.25. The number of anilines is 1. The second-order valence-electron chi connectivity index (χ2n) is 5.31. The van der Waals surface area contributed by atoms with E-state index in [2.05, 4.69) is 12.2 Å². The molecule has 0 aliphatic rings. The number of nitrogens with one attached hydrogen (secondary N) is 1. The van der Waals surface area contributed by atoms with Gasteiger partial charge in [-0.3, -0.25) is 9.69 Å². The molecule has 6 nitrogen and oxygen atoms in total. The first kappa shape index (κ1) is 17.0. The number of nitrogens with zero attached hydrogens (tertiary/aromatic N) is 1. The number of carboxylic acids is 1. The Hall–Kier alpha value is -2.08. The molecule has 0 aromatic heterocycles. The number of aliphatic hydroxyl groups is 1. The van der Waals surface area contributed by atoms with Crippen LogP contribution in [0, 0.1) is 0 Å². The second kappa shape index (κ2) is 7.08. The van der Waals surface area contributed by atoms with Gasteiger partial charge < -0.3 is 15.5 Å². The average Bonchev–Trinajstić information content (AvgIpc) is 2.43. The van der Waals surface area contributed by atoms with Crippen LogP contribution in [-0.4, -0.2) is 41.4 Å². The van der Waals surface area contributed by atoms with Crippen LogP contribution in [0.5, 0.6) is 0 Å². The maximum atomic E-state index is 12.0. The summed E-state index contributed by atoms with van der Waals surface area (Å²) < 4.78 is 0. The van der Waals surface area contributed by atoms with Gasteiger partial charge in [-0.05, 0) is 31.0 Å². The Bertz CT molecular complexity index is 497. The molecule has 21 heavy (non-hydrogen) atoms. The van der Waals surface area contributed by atoms with Gasteiger partial charge in [0.15, 0.2) is 0 Å². The molecule has 1 aromatic rings. The Kier molecular flexibility index (Phi) is 5.72. The van der Waals surface area contributed by atoms with Gasteiger partial charge in [0, 0.05) is 19.3 Å². The molecule has 1 aromatic carbocycles. The van der Waals surface area contributed by atoms with Gasteiger partial charge in [-0.25, -0.2) is 4.79 Å². The summed E-state index contributed by atoms with van der Waals surface area (Å²) in [6, 6.07) is 7.17. The molecule has 0 aliphatic heterocycles. The molecular weight excluding hydrogens is 272 g/mol. The molecule has 0 bridgehead atoms. The number of rotatable bonds is 6. The van der Waals surface area contributed by atoms with Crippen LogP contribution >= 0.6 is 0 Å². The third-order valence-electron chi connectivity index (χ3n) is 3.19. The normalized spacial score (nSPS) is 13.3. The standard InChI is InChI=1S/C15H22N2O4/c1-4-11-5-7-12(8-6-11)17(3)14(20)16-10-15(2,21)9-13(18)19/h5-8,21H,4,9-10H2,1-3H3,(H,16,20)(H,18,19). The fourth-order valence-corrected chi connectivity index (χ4v) is 1.85. The van der Waals surface area contributed by atoms with Crippen molar-refractivity contribution in [1.29, 1.82) is 0 Å². The molecule has 0 radical (unpaired) electrons. The average molecular weight is 294 g/mol. The predicted octanol–water partition coefficient (Wildman–Crippen LogP) is 1.62. The lowest BCUT2D eigenvalue weighted by atomic mass is 10.0. The van der Waals surface area contributed by atoms with Crippen molar-refractivity contribution >= 4 is 17.7 Å². The minimum atomic E-state index is -1.48. The van der Waals surface area contributed by atoms with Gasteiger partial charge in [-0.15, -0.1) is 0 Å². The zero-order chi connectivity index (χ0) is 16.0. The maximum absolute atomic E-state index is 12.0. The molecule has 0 aliphatic carbocycles. The Morgan fingerprint density at radius 2 is 1.86 bits per heavy atom. The van der Waals surface area contributed by atoms with Crippen molar-refractivity contribution in [2.75, 3.05) is 18.5 Å². The third-order valence-corrected chi connectivity index (χ3v) is 3.19. The Labute approximate surface area is 124 Å². The zero-order valence-electron chi connectivity index (χ0n) is 12.6. The number of carbonyl (C=O) groups is 2. The molecule has 6 heteroatoms. The highest BCUT2D eigenvalue weighted by atomic mass is 16.4. The molecule has 0 heterocycles. The summed E-state index contributed by atoms with van der Waals surface area (Å²) in [6.07, 6.45) is 0.496. The van der Waals surface area contributed by atoms with E-state index in [-0.39, 0.29) is 6.54 Å². The lowest BCUT2D eigenvalue weighted by Crippen LogP contribution is -2.46. The second-order valence-corrected chi connectivity index (χ2v) is 5.31. The van der Waals surface area contributed by atoms with E-state index >= 15 is 0 Å². The van der Waals surface area contributed by atoms with E-state index in [1.54, 1.807) is 7.05 Å². The van der Waals surface area contributed by atoms with Crippen molar-refractivity contribution in [1.82, 2.24) is 5.32 Å². The van der Waals surface area contributed by atoms with Gasteiger partial charge >= 0.3 is 12.0 Å². The molecule has 0 fully saturated rings. The van der Waals surface area contributed by atoms with Crippen LogP contribution in [0.4, 0.5) is 10.5 Å². The van der Waals surface area contributed by atoms with Gasteiger partial charge in [0.05, 0.1) is 12.0 Å². The van der Waals surface area contributed by atoms with Crippen LogP contribution in [0.3, 0.4) is 0 Å². The number of carbonyl (C=O) groups excluding carboxylic acids is 1. The molecule has 0 saturated heterocycles. The summed E-state index contributed by atoms with van der Waals surface area (Å²) in [5.41, 5.74) is 0.425. The first-order valence-electron chi connectivity index (χ1n) is 6.80. The highest BCUT2D eigenvalue weighted by Crippen LogP contribution is 2.14. The summed E-state index contributed by atoms with van der Waals surface area (Å²) >= 11 is 0. The van der Waals surface area contributed by atoms with Crippen LogP contribution in [0.25, 0.3) is 0 Å². The Morgan fingerprint density at radius 3 is 2.33 bits per heavy atom. The number of aliphatic carboxylic acids is 1. The molecule has 3 N–H and O–H groups in total. The fourth-order valence-electron chi connectivity index (χ4n) is 1.85. The zero-order valence-corrected chi connectivity index (χ0v) is 12.6. The van der Waals surface area contributed by atoms with E-state index in [1.807, 2.05) is 24.3 Å². The minimum Gasteiger partial charge on any atom is -0.481 e. The fraction of sp³-hybridized carbons (Fsp3) is 0.467. The lowest BCUT2D eigenvalue weighted by molar-refractivity contribution is -0.141. The van der Waals surface area contributed by atoms with Crippen molar-refractivity contribution in [3.05, 3.63) is 29.8 Å². The number of amides is 2. The largest absolute Gasteiger partial charge is 0.481 e. The van der Waals surface area contributed by atoms with Crippen molar-refractivity contribution in [2.24, 2.45) is 0 Å². The van der Waals surface area contributed by atoms with Crippen LogP contribution < -0.4 is 10.2 Å². The van der Waals surface area contributed by atoms with Crippen molar-refractivity contribution in [3.63, 3.8) is 0 Å². The van der Waals surface area contributed by atoms with Gasteiger partial charge in [-0.1, -0.05) is 19.1 Å².